The normalized spacial score (nSPS) is 10.0. The molecule has 0 amide bonds. The van der Waals surface area contributed by atoms with Crippen molar-refractivity contribution in [2.24, 2.45) is 0 Å². The van der Waals surface area contributed by atoms with Gasteiger partial charge in [-0.05, 0) is 22.9 Å². The minimum atomic E-state index is 0.248. The number of rotatable bonds is 3. The molecule has 0 saturated heterocycles. The van der Waals surface area contributed by atoms with E-state index in [4.69, 9.17) is 0 Å². The number of aromatic hydroxyl groups is 1. The molecule has 1 aromatic carbocycles. The van der Waals surface area contributed by atoms with Crippen molar-refractivity contribution in [2.45, 2.75) is 6.54 Å². The second-order valence-corrected chi connectivity index (χ2v) is 2.76. The molecule has 0 unspecified atom stereocenters. The molecule has 0 saturated carbocycles. The van der Waals surface area contributed by atoms with Crippen molar-refractivity contribution >= 4 is 5.95 Å². The Balaban J connectivity index is 1.98. The van der Waals surface area contributed by atoms with Gasteiger partial charge < -0.3 is 10.4 Å². The quantitative estimate of drug-likeness (QED) is 0.658. The monoisotopic (exact) mass is 191 g/mol. The van der Waals surface area contributed by atoms with Crippen LogP contribution in [0.1, 0.15) is 5.56 Å². The van der Waals surface area contributed by atoms with E-state index in [-0.39, 0.29) is 5.75 Å². The molecule has 0 bridgehead atoms. The Labute approximate surface area is 80.0 Å². The molecule has 0 spiro atoms. The zero-order chi connectivity index (χ0) is 9.80. The Bertz CT molecular complexity index is 400. The number of aromatic amines is 1. The molecule has 72 valence electrons. The summed E-state index contributed by atoms with van der Waals surface area (Å²) in [6.07, 6.45) is 0. The van der Waals surface area contributed by atoms with Crippen LogP contribution in [0.5, 0.6) is 5.75 Å². The number of H-pyrrole nitrogens is 1. The largest absolute Gasteiger partial charge is 0.508 e. The maximum atomic E-state index is 9.19. The van der Waals surface area contributed by atoms with Gasteiger partial charge in [0.15, 0.2) is 0 Å². The van der Waals surface area contributed by atoms with Crippen molar-refractivity contribution < 1.29 is 5.11 Å². The average Bonchev–Trinajstić information content (AvgIpc) is 2.67. The van der Waals surface area contributed by atoms with Crippen LogP contribution in [0, 0.1) is 0 Å². The number of nitrogens with one attached hydrogen (secondary N) is 2. The van der Waals surface area contributed by atoms with Gasteiger partial charge in [-0.1, -0.05) is 17.2 Å². The Morgan fingerprint density at radius 3 is 3.07 bits per heavy atom. The molecule has 0 atom stereocenters. The van der Waals surface area contributed by atoms with E-state index >= 15 is 0 Å². The number of benzene rings is 1. The fraction of sp³-hybridized carbons (Fsp3) is 0.125. The highest BCUT2D eigenvalue weighted by Crippen LogP contribution is 2.11. The standard InChI is InChI=1S/C8H9N5O/c14-7-3-1-2-6(4-7)5-9-8-10-12-13-11-8/h1-4,14H,5H2,(H2,9,10,11,12,13). The van der Waals surface area contributed by atoms with E-state index in [1.54, 1.807) is 18.2 Å². The number of phenols is 1. The van der Waals surface area contributed by atoms with E-state index in [9.17, 15) is 5.11 Å². The molecule has 0 fully saturated rings. The third-order valence-electron chi connectivity index (χ3n) is 1.71. The smallest absolute Gasteiger partial charge is 0.263 e. The molecule has 0 aliphatic rings. The van der Waals surface area contributed by atoms with Gasteiger partial charge in [0.1, 0.15) is 5.75 Å². The third kappa shape index (κ3) is 1.98. The summed E-state index contributed by atoms with van der Waals surface area (Å²) < 4.78 is 0. The van der Waals surface area contributed by atoms with Gasteiger partial charge in [-0.25, -0.2) is 0 Å². The number of tetrazole rings is 1. The van der Waals surface area contributed by atoms with Crippen molar-refractivity contribution in [3.8, 4) is 5.75 Å². The molecule has 0 aliphatic carbocycles. The zero-order valence-electron chi connectivity index (χ0n) is 7.31. The lowest BCUT2D eigenvalue weighted by molar-refractivity contribution is 0.474. The Morgan fingerprint density at radius 2 is 2.36 bits per heavy atom. The van der Waals surface area contributed by atoms with E-state index in [0.29, 0.717) is 12.5 Å². The predicted molar refractivity (Wildman–Crippen MR) is 49.6 cm³/mol. The van der Waals surface area contributed by atoms with Crippen molar-refractivity contribution in [1.29, 1.82) is 0 Å². The maximum Gasteiger partial charge on any atom is 0.263 e. The molecule has 2 rings (SSSR count). The van der Waals surface area contributed by atoms with Crippen LogP contribution < -0.4 is 5.32 Å². The van der Waals surface area contributed by atoms with Gasteiger partial charge in [0.2, 0.25) is 0 Å². The fourth-order valence-corrected chi connectivity index (χ4v) is 1.08. The van der Waals surface area contributed by atoms with Crippen LogP contribution in [-0.4, -0.2) is 25.7 Å². The van der Waals surface area contributed by atoms with E-state index in [0.717, 1.165) is 5.56 Å². The van der Waals surface area contributed by atoms with Crippen LogP contribution in [0.2, 0.25) is 0 Å². The number of anilines is 1. The molecule has 0 radical (unpaired) electrons. The molecule has 0 aliphatic heterocycles. The first-order valence-electron chi connectivity index (χ1n) is 4.10. The van der Waals surface area contributed by atoms with Crippen molar-refractivity contribution in [3.05, 3.63) is 29.8 Å². The van der Waals surface area contributed by atoms with Gasteiger partial charge in [-0.15, -0.1) is 5.10 Å². The summed E-state index contributed by atoms with van der Waals surface area (Å²) in [5, 5.41) is 25.3. The van der Waals surface area contributed by atoms with Crippen LogP contribution >= 0.6 is 0 Å². The second kappa shape index (κ2) is 3.73. The topological polar surface area (TPSA) is 86.7 Å². The predicted octanol–water partition coefficient (Wildman–Crippen LogP) is 0.517. The van der Waals surface area contributed by atoms with Gasteiger partial charge in [-0.3, -0.25) is 0 Å². The average molecular weight is 191 g/mol. The number of hydrogen-bond donors (Lipinski definition) is 3. The highest BCUT2D eigenvalue weighted by atomic mass is 16.3. The first-order valence-corrected chi connectivity index (χ1v) is 4.10. The molecule has 6 nitrogen and oxygen atoms in total. The van der Waals surface area contributed by atoms with E-state index in [1.165, 1.54) is 0 Å². The minimum Gasteiger partial charge on any atom is -0.508 e. The van der Waals surface area contributed by atoms with Crippen LogP contribution in [0.15, 0.2) is 24.3 Å². The highest BCUT2D eigenvalue weighted by molar-refractivity contribution is 5.30. The first kappa shape index (κ1) is 8.49. The molecular weight excluding hydrogens is 182 g/mol. The first-order chi connectivity index (χ1) is 6.84. The zero-order valence-corrected chi connectivity index (χ0v) is 7.31. The van der Waals surface area contributed by atoms with Crippen molar-refractivity contribution in [2.75, 3.05) is 5.32 Å². The number of hydrogen-bond acceptors (Lipinski definition) is 5. The summed E-state index contributed by atoms with van der Waals surface area (Å²) >= 11 is 0. The van der Waals surface area contributed by atoms with Gasteiger partial charge in [0, 0.05) is 6.54 Å². The number of nitrogens with zero attached hydrogens (tertiary/aromatic N) is 3. The molecule has 1 aromatic heterocycles. The van der Waals surface area contributed by atoms with Crippen LogP contribution in [-0.2, 0) is 6.54 Å². The lowest BCUT2D eigenvalue weighted by atomic mass is 10.2. The molecule has 3 N–H and O–H groups in total. The lowest BCUT2D eigenvalue weighted by Crippen LogP contribution is -2.00. The maximum absolute atomic E-state index is 9.19. The number of phenolic OH excluding ortho intramolecular Hbond substituents is 1. The molecule has 1 heterocycles. The molecule has 6 heteroatoms. The number of aromatic nitrogens is 4. The summed E-state index contributed by atoms with van der Waals surface area (Å²) in [4.78, 5) is 0. The van der Waals surface area contributed by atoms with Crippen molar-refractivity contribution in [1.82, 2.24) is 20.6 Å². The molecular formula is C8H9N5O. The summed E-state index contributed by atoms with van der Waals surface area (Å²) in [7, 11) is 0. The molecule has 2 aromatic rings. The summed E-state index contributed by atoms with van der Waals surface area (Å²) in [6, 6.07) is 6.97. The van der Waals surface area contributed by atoms with Crippen molar-refractivity contribution in [3.63, 3.8) is 0 Å². The minimum absolute atomic E-state index is 0.248. The fourth-order valence-electron chi connectivity index (χ4n) is 1.08. The Hall–Kier alpha value is -2.11. The van der Waals surface area contributed by atoms with Crippen LogP contribution in [0.3, 0.4) is 0 Å². The Morgan fingerprint density at radius 1 is 1.43 bits per heavy atom. The van der Waals surface area contributed by atoms with E-state index in [1.807, 2.05) is 6.07 Å². The third-order valence-corrected chi connectivity index (χ3v) is 1.71. The highest BCUT2D eigenvalue weighted by Gasteiger charge is 1.97. The van der Waals surface area contributed by atoms with Gasteiger partial charge in [-0.2, -0.15) is 5.21 Å². The molecule has 14 heavy (non-hydrogen) atoms. The van der Waals surface area contributed by atoms with Crippen LogP contribution in [0.25, 0.3) is 0 Å². The van der Waals surface area contributed by atoms with E-state index < -0.39 is 0 Å². The lowest BCUT2D eigenvalue weighted by Gasteiger charge is -2.01. The SMILES string of the molecule is Oc1cccc(CNc2nn[nH]n2)c1. The summed E-state index contributed by atoms with van der Waals surface area (Å²) in [6.45, 7) is 0.550. The van der Waals surface area contributed by atoms with E-state index in [2.05, 4.69) is 25.9 Å². The second-order valence-electron chi connectivity index (χ2n) is 2.76. The summed E-state index contributed by atoms with van der Waals surface area (Å²) in [5.41, 5.74) is 0.954. The summed E-state index contributed by atoms with van der Waals surface area (Å²) in [5.74, 6) is 0.686. The Kier molecular flexibility index (Phi) is 2.26. The van der Waals surface area contributed by atoms with Gasteiger partial charge in [0.25, 0.3) is 5.95 Å². The van der Waals surface area contributed by atoms with Crippen LogP contribution in [0.4, 0.5) is 5.95 Å². The van der Waals surface area contributed by atoms with Gasteiger partial charge >= 0.3 is 0 Å². The van der Waals surface area contributed by atoms with Gasteiger partial charge in [0.05, 0.1) is 0 Å².